The van der Waals surface area contributed by atoms with Crippen molar-refractivity contribution < 1.29 is 27.5 Å². The zero-order valence-corrected chi connectivity index (χ0v) is 11.0. The lowest BCUT2D eigenvalue weighted by Crippen LogP contribution is -2.09. The maximum absolute atomic E-state index is 13.1. The molecule has 0 amide bonds. The Balaban J connectivity index is 2.42. The maximum atomic E-state index is 13.1. The van der Waals surface area contributed by atoms with Crippen LogP contribution in [0, 0.1) is 5.82 Å². The monoisotopic (exact) mass is 321 g/mol. The van der Waals surface area contributed by atoms with E-state index in [9.17, 15) is 22.4 Å². The van der Waals surface area contributed by atoms with Crippen LogP contribution in [-0.2, 0) is 12.7 Å². The van der Waals surface area contributed by atoms with Gasteiger partial charge in [0.1, 0.15) is 5.82 Å². The number of aromatic carboxylic acids is 1. The smallest absolute Gasteiger partial charge is 0.418 e. The molecule has 1 aromatic carbocycles. The highest BCUT2D eigenvalue weighted by Crippen LogP contribution is 2.33. The molecule has 0 saturated heterocycles. The molecular weight excluding hydrogens is 314 g/mol. The van der Waals surface area contributed by atoms with Crippen LogP contribution in [0.25, 0.3) is 0 Å². The molecule has 0 aliphatic carbocycles. The van der Waals surface area contributed by atoms with Gasteiger partial charge in [0.2, 0.25) is 0 Å². The number of carbonyl (C=O) groups is 1. The van der Waals surface area contributed by atoms with Crippen molar-refractivity contribution in [2.75, 3.05) is 0 Å². The molecule has 2 aromatic rings. The summed E-state index contributed by atoms with van der Waals surface area (Å²) in [6.07, 6.45) is -3.29. The number of alkyl halides is 3. The van der Waals surface area contributed by atoms with Crippen LogP contribution >= 0.6 is 11.6 Å². The van der Waals surface area contributed by atoms with Gasteiger partial charge >= 0.3 is 12.1 Å². The summed E-state index contributed by atoms with van der Waals surface area (Å²) in [5, 5.41) is 8.98. The zero-order valence-electron chi connectivity index (χ0n) is 10.3. The van der Waals surface area contributed by atoms with E-state index in [1.54, 1.807) is 0 Å². The van der Waals surface area contributed by atoms with Crippen LogP contribution in [0.5, 0.6) is 0 Å². The first kappa shape index (κ1) is 15.4. The Labute approximate surface area is 121 Å². The van der Waals surface area contributed by atoms with Crippen LogP contribution in [0.3, 0.4) is 0 Å². The molecular formula is C13H8ClF4NO2. The minimum Gasteiger partial charge on any atom is -0.478 e. The molecule has 3 nitrogen and oxygen atoms in total. The van der Waals surface area contributed by atoms with Gasteiger partial charge in [0.15, 0.2) is 0 Å². The number of rotatable bonds is 3. The lowest BCUT2D eigenvalue weighted by Gasteiger charge is -2.06. The highest BCUT2D eigenvalue weighted by Gasteiger charge is 2.37. The van der Waals surface area contributed by atoms with E-state index in [1.807, 2.05) is 0 Å². The summed E-state index contributed by atoms with van der Waals surface area (Å²) in [6.45, 7) is -0.174. The summed E-state index contributed by atoms with van der Waals surface area (Å²) in [4.78, 5) is 10.9. The van der Waals surface area contributed by atoms with E-state index in [0.717, 1.165) is 22.9 Å². The Morgan fingerprint density at radius 3 is 2.48 bits per heavy atom. The molecule has 0 aliphatic rings. The molecule has 1 N–H and O–H groups in total. The molecule has 0 bridgehead atoms. The standard InChI is InChI=1S/C13H8ClF4NO2/c14-11-2-1-8(15)3-7(11)4-19-5-9(12(20)21)10(6-19)13(16,17)18/h1-3,5-6H,4H2,(H,20,21). The zero-order chi connectivity index (χ0) is 15.8. The normalized spacial score (nSPS) is 11.7. The Kier molecular flexibility index (Phi) is 3.95. The Hall–Kier alpha value is -2.02. The van der Waals surface area contributed by atoms with Gasteiger partial charge in [-0.15, -0.1) is 0 Å². The molecule has 8 heteroatoms. The molecule has 1 heterocycles. The van der Waals surface area contributed by atoms with Gasteiger partial charge in [0.25, 0.3) is 0 Å². The van der Waals surface area contributed by atoms with Gasteiger partial charge in [-0.2, -0.15) is 13.2 Å². The van der Waals surface area contributed by atoms with Gasteiger partial charge in [0, 0.05) is 24.0 Å². The Morgan fingerprint density at radius 2 is 1.95 bits per heavy atom. The molecule has 2 rings (SSSR count). The second kappa shape index (κ2) is 5.40. The second-order valence-corrected chi connectivity index (χ2v) is 4.70. The fourth-order valence-corrected chi connectivity index (χ4v) is 2.03. The van der Waals surface area contributed by atoms with E-state index in [1.165, 1.54) is 6.07 Å². The molecule has 0 spiro atoms. The third-order valence-corrected chi connectivity index (χ3v) is 3.15. The van der Waals surface area contributed by atoms with Crippen molar-refractivity contribution in [3.05, 3.63) is 58.1 Å². The molecule has 21 heavy (non-hydrogen) atoms. The average Bonchev–Trinajstić information content (AvgIpc) is 2.78. The predicted octanol–water partition coefficient (Wildman–Crippen LogP) is 4.05. The topological polar surface area (TPSA) is 42.2 Å². The highest BCUT2D eigenvalue weighted by atomic mass is 35.5. The van der Waals surface area contributed by atoms with E-state index in [0.29, 0.717) is 6.20 Å². The largest absolute Gasteiger partial charge is 0.478 e. The van der Waals surface area contributed by atoms with E-state index in [-0.39, 0.29) is 17.1 Å². The van der Waals surface area contributed by atoms with Gasteiger partial charge in [-0.05, 0) is 23.8 Å². The minimum absolute atomic E-state index is 0.174. The third-order valence-electron chi connectivity index (χ3n) is 2.78. The number of benzene rings is 1. The summed E-state index contributed by atoms with van der Waals surface area (Å²) in [7, 11) is 0. The first-order chi connectivity index (χ1) is 9.68. The van der Waals surface area contributed by atoms with Crippen LogP contribution in [0.1, 0.15) is 21.5 Å². The van der Waals surface area contributed by atoms with Crippen molar-refractivity contribution in [2.24, 2.45) is 0 Å². The van der Waals surface area contributed by atoms with Crippen LogP contribution in [0.15, 0.2) is 30.6 Å². The van der Waals surface area contributed by atoms with Gasteiger partial charge in [0.05, 0.1) is 11.1 Å². The summed E-state index contributed by atoms with van der Waals surface area (Å²) in [6, 6.07) is 3.47. The number of hydrogen-bond donors (Lipinski definition) is 1. The summed E-state index contributed by atoms with van der Waals surface area (Å²) in [5.41, 5.74) is -1.88. The van der Waals surface area contributed by atoms with Crippen LogP contribution in [0.4, 0.5) is 17.6 Å². The molecule has 0 fully saturated rings. The molecule has 112 valence electrons. The molecule has 0 atom stereocenters. The fourth-order valence-electron chi connectivity index (χ4n) is 1.86. The molecule has 1 aromatic heterocycles. The van der Waals surface area contributed by atoms with Crippen molar-refractivity contribution >= 4 is 17.6 Å². The van der Waals surface area contributed by atoms with Crippen LogP contribution in [-0.4, -0.2) is 15.6 Å². The minimum atomic E-state index is -4.79. The van der Waals surface area contributed by atoms with Gasteiger partial charge in [-0.3, -0.25) is 0 Å². The Morgan fingerprint density at radius 1 is 1.29 bits per heavy atom. The molecule has 0 radical (unpaired) electrons. The summed E-state index contributed by atoms with van der Waals surface area (Å²) < 4.78 is 52.3. The van der Waals surface area contributed by atoms with Gasteiger partial charge < -0.3 is 9.67 Å². The quantitative estimate of drug-likeness (QED) is 0.867. The first-order valence-corrected chi connectivity index (χ1v) is 6.00. The van der Waals surface area contributed by atoms with E-state index < -0.39 is 29.1 Å². The van der Waals surface area contributed by atoms with Gasteiger partial charge in [-0.1, -0.05) is 11.6 Å². The highest BCUT2D eigenvalue weighted by molar-refractivity contribution is 6.31. The molecule has 0 aliphatic heterocycles. The number of carboxylic acids is 1. The van der Waals surface area contributed by atoms with E-state index >= 15 is 0 Å². The van der Waals surface area contributed by atoms with Crippen molar-refractivity contribution in [2.45, 2.75) is 12.7 Å². The number of hydrogen-bond acceptors (Lipinski definition) is 1. The van der Waals surface area contributed by atoms with Crippen molar-refractivity contribution in [3.63, 3.8) is 0 Å². The van der Waals surface area contributed by atoms with Crippen molar-refractivity contribution in [3.8, 4) is 0 Å². The van der Waals surface area contributed by atoms with Crippen molar-refractivity contribution in [1.82, 2.24) is 4.57 Å². The SMILES string of the molecule is O=C(O)c1cn(Cc2cc(F)ccc2Cl)cc1C(F)(F)F. The number of halogens is 5. The van der Waals surface area contributed by atoms with E-state index in [4.69, 9.17) is 16.7 Å². The van der Waals surface area contributed by atoms with Crippen molar-refractivity contribution in [1.29, 1.82) is 0 Å². The maximum Gasteiger partial charge on any atom is 0.418 e. The summed E-state index contributed by atoms with van der Waals surface area (Å²) >= 11 is 5.83. The van der Waals surface area contributed by atoms with Crippen LogP contribution in [0.2, 0.25) is 5.02 Å². The molecule has 0 saturated carbocycles. The number of aromatic nitrogens is 1. The number of carboxylic acid groups (broad SMARTS) is 1. The van der Waals surface area contributed by atoms with Gasteiger partial charge in [-0.25, -0.2) is 9.18 Å². The number of nitrogens with zero attached hydrogens (tertiary/aromatic N) is 1. The van der Waals surface area contributed by atoms with E-state index in [2.05, 4.69) is 0 Å². The Bertz CT molecular complexity index is 694. The average molecular weight is 322 g/mol. The summed E-state index contributed by atoms with van der Waals surface area (Å²) in [5.74, 6) is -2.28. The molecule has 0 unspecified atom stereocenters. The predicted molar refractivity (Wildman–Crippen MR) is 66.9 cm³/mol. The fraction of sp³-hybridized carbons (Fsp3) is 0.154. The first-order valence-electron chi connectivity index (χ1n) is 5.62. The van der Waals surface area contributed by atoms with Crippen LogP contribution < -0.4 is 0 Å². The lowest BCUT2D eigenvalue weighted by atomic mass is 10.2. The second-order valence-electron chi connectivity index (χ2n) is 4.30. The third kappa shape index (κ3) is 3.36. The lowest BCUT2D eigenvalue weighted by molar-refractivity contribution is -0.138.